The standard InChI is InChI=1S/C16H26N2O2S/c1-12(17-3)14-7-5-8-15(11-14)21-13(2)16(19)18-9-6-10-20-4/h5,7-8,11-13,17H,6,9-10H2,1-4H3,(H,18,19). The van der Waals surface area contributed by atoms with Gasteiger partial charge in [-0.1, -0.05) is 12.1 Å². The van der Waals surface area contributed by atoms with Crippen molar-refractivity contribution < 1.29 is 9.53 Å². The second kappa shape index (κ2) is 9.82. The van der Waals surface area contributed by atoms with Crippen LogP contribution in [0.1, 0.15) is 31.9 Å². The molecule has 0 aliphatic heterocycles. The van der Waals surface area contributed by atoms with Gasteiger partial charge in [0.15, 0.2) is 0 Å². The summed E-state index contributed by atoms with van der Waals surface area (Å²) in [6.45, 7) is 5.39. The van der Waals surface area contributed by atoms with E-state index in [9.17, 15) is 4.79 Å². The number of rotatable bonds is 9. The van der Waals surface area contributed by atoms with Gasteiger partial charge in [-0.3, -0.25) is 4.79 Å². The van der Waals surface area contributed by atoms with Gasteiger partial charge in [0.05, 0.1) is 5.25 Å². The summed E-state index contributed by atoms with van der Waals surface area (Å²) >= 11 is 1.59. The minimum absolute atomic E-state index is 0.0724. The summed E-state index contributed by atoms with van der Waals surface area (Å²) in [5.74, 6) is 0.0724. The highest BCUT2D eigenvalue weighted by Crippen LogP contribution is 2.26. The summed E-state index contributed by atoms with van der Waals surface area (Å²) in [6, 6.07) is 8.63. The average molecular weight is 310 g/mol. The van der Waals surface area contributed by atoms with Gasteiger partial charge < -0.3 is 15.4 Å². The van der Waals surface area contributed by atoms with Gasteiger partial charge in [-0.05, 0) is 45.0 Å². The molecular formula is C16H26N2O2S. The quantitative estimate of drug-likeness (QED) is 0.544. The van der Waals surface area contributed by atoms with Crippen LogP contribution in [-0.2, 0) is 9.53 Å². The van der Waals surface area contributed by atoms with Crippen LogP contribution < -0.4 is 10.6 Å². The highest BCUT2D eigenvalue weighted by molar-refractivity contribution is 8.00. The summed E-state index contributed by atoms with van der Waals surface area (Å²) in [4.78, 5) is 13.1. The lowest BCUT2D eigenvalue weighted by Gasteiger charge is -2.14. The molecule has 118 valence electrons. The molecule has 0 aliphatic rings. The summed E-state index contributed by atoms with van der Waals surface area (Å²) < 4.78 is 4.96. The Morgan fingerprint density at radius 1 is 1.38 bits per heavy atom. The molecule has 0 fully saturated rings. The number of methoxy groups -OCH3 is 1. The van der Waals surface area contributed by atoms with E-state index in [1.54, 1.807) is 18.9 Å². The van der Waals surface area contributed by atoms with Gasteiger partial charge in [-0.15, -0.1) is 11.8 Å². The molecule has 0 saturated carbocycles. The maximum Gasteiger partial charge on any atom is 0.233 e. The van der Waals surface area contributed by atoms with Crippen molar-refractivity contribution >= 4 is 17.7 Å². The van der Waals surface area contributed by atoms with E-state index >= 15 is 0 Å². The third kappa shape index (κ3) is 6.50. The third-order valence-corrected chi connectivity index (χ3v) is 4.39. The van der Waals surface area contributed by atoms with Crippen LogP contribution in [0.25, 0.3) is 0 Å². The van der Waals surface area contributed by atoms with E-state index < -0.39 is 0 Å². The van der Waals surface area contributed by atoms with Crippen molar-refractivity contribution in [1.29, 1.82) is 0 Å². The number of amides is 1. The van der Waals surface area contributed by atoms with E-state index in [0.717, 1.165) is 11.3 Å². The molecule has 1 rings (SSSR count). The SMILES string of the molecule is CNC(C)c1cccc(SC(C)C(=O)NCCCOC)c1. The smallest absolute Gasteiger partial charge is 0.233 e. The largest absolute Gasteiger partial charge is 0.385 e. The Kier molecular flexibility index (Phi) is 8.42. The summed E-state index contributed by atoms with van der Waals surface area (Å²) in [6.07, 6.45) is 0.842. The first-order valence-electron chi connectivity index (χ1n) is 7.29. The minimum Gasteiger partial charge on any atom is -0.385 e. The number of carbonyl (C=O) groups is 1. The summed E-state index contributed by atoms with van der Waals surface area (Å²) in [7, 11) is 3.61. The Morgan fingerprint density at radius 2 is 2.14 bits per heavy atom. The molecule has 0 spiro atoms. The van der Waals surface area contributed by atoms with Crippen molar-refractivity contribution in [2.45, 2.75) is 36.5 Å². The van der Waals surface area contributed by atoms with Crippen molar-refractivity contribution in [1.82, 2.24) is 10.6 Å². The zero-order valence-corrected chi connectivity index (χ0v) is 14.1. The molecule has 4 nitrogen and oxygen atoms in total. The minimum atomic E-state index is -0.104. The molecule has 2 atom stereocenters. The van der Waals surface area contributed by atoms with Crippen molar-refractivity contribution in [3.05, 3.63) is 29.8 Å². The highest BCUT2D eigenvalue weighted by atomic mass is 32.2. The first kappa shape index (κ1) is 18.0. The van der Waals surface area contributed by atoms with E-state index in [0.29, 0.717) is 19.2 Å². The van der Waals surface area contributed by atoms with Gasteiger partial charge in [0, 0.05) is 31.2 Å². The van der Waals surface area contributed by atoms with E-state index in [1.807, 2.05) is 26.1 Å². The predicted molar refractivity (Wildman–Crippen MR) is 88.7 cm³/mol. The van der Waals surface area contributed by atoms with Gasteiger partial charge in [0.25, 0.3) is 0 Å². The predicted octanol–water partition coefficient (Wildman–Crippen LogP) is 2.60. The third-order valence-electron chi connectivity index (χ3n) is 3.30. The fourth-order valence-corrected chi connectivity index (χ4v) is 2.81. The fraction of sp³-hybridized carbons (Fsp3) is 0.562. The maximum absolute atomic E-state index is 12.0. The van der Waals surface area contributed by atoms with Crippen LogP contribution in [0.2, 0.25) is 0 Å². The van der Waals surface area contributed by atoms with Crippen LogP contribution in [0, 0.1) is 0 Å². The molecule has 1 aromatic rings. The summed E-state index contributed by atoms with van der Waals surface area (Å²) in [5.41, 5.74) is 1.23. The number of hydrogen-bond acceptors (Lipinski definition) is 4. The normalized spacial score (nSPS) is 13.7. The van der Waals surface area contributed by atoms with Gasteiger partial charge in [-0.25, -0.2) is 0 Å². The highest BCUT2D eigenvalue weighted by Gasteiger charge is 2.14. The Labute approximate surface area is 132 Å². The van der Waals surface area contributed by atoms with E-state index in [2.05, 4.69) is 29.7 Å². The first-order valence-corrected chi connectivity index (χ1v) is 8.17. The molecule has 0 aliphatic carbocycles. The molecule has 21 heavy (non-hydrogen) atoms. The monoisotopic (exact) mass is 310 g/mol. The van der Waals surface area contributed by atoms with E-state index in [1.165, 1.54) is 5.56 Å². The Hall–Kier alpha value is -1.04. The molecular weight excluding hydrogens is 284 g/mol. The molecule has 2 N–H and O–H groups in total. The molecule has 0 saturated heterocycles. The number of benzene rings is 1. The van der Waals surface area contributed by atoms with Gasteiger partial charge in [-0.2, -0.15) is 0 Å². The fourth-order valence-electron chi connectivity index (χ4n) is 1.85. The van der Waals surface area contributed by atoms with Crippen molar-refractivity contribution in [2.24, 2.45) is 0 Å². The number of carbonyl (C=O) groups excluding carboxylic acids is 1. The number of hydrogen-bond donors (Lipinski definition) is 2. The van der Waals surface area contributed by atoms with Crippen LogP contribution in [0.4, 0.5) is 0 Å². The van der Waals surface area contributed by atoms with Gasteiger partial charge >= 0.3 is 0 Å². The second-order valence-electron chi connectivity index (χ2n) is 4.98. The van der Waals surface area contributed by atoms with E-state index in [4.69, 9.17) is 4.74 Å². The van der Waals surface area contributed by atoms with Crippen molar-refractivity contribution in [3.8, 4) is 0 Å². The Balaban J connectivity index is 2.50. The Bertz CT molecular complexity index is 440. The zero-order valence-electron chi connectivity index (χ0n) is 13.3. The number of ether oxygens (including phenoxy) is 1. The lowest BCUT2D eigenvalue weighted by molar-refractivity contribution is -0.120. The molecule has 5 heteroatoms. The molecule has 2 unspecified atom stereocenters. The lowest BCUT2D eigenvalue weighted by atomic mass is 10.1. The lowest BCUT2D eigenvalue weighted by Crippen LogP contribution is -2.32. The number of nitrogens with one attached hydrogen (secondary N) is 2. The summed E-state index contributed by atoms with van der Waals surface area (Å²) in [5, 5.41) is 6.05. The van der Waals surface area contributed by atoms with Crippen LogP contribution in [0.15, 0.2) is 29.2 Å². The maximum atomic E-state index is 12.0. The molecule has 0 bridgehead atoms. The van der Waals surface area contributed by atoms with Crippen LogP contribution >= 0.6 is 11.8 Å². The number of thioether (sulfide) groups is 1. The van der Waals surface area contributed by atoms with Crippen LogP contribution in [-0.4, -0.2) is 38.5 Å². The Morgan fingerprint density at radius 3 is 2.81 bits per heavy atom. The average Bonchev–Trinajstić information content (AvgIpc) is 2.50. The van der Waals surface area contributed by atoms with E-state index in [-0.39, 0.29) is 11.2 Å². The van der Waals surface area contributed by atoms with Gasteiger partial charge in [0.2, 0.25) is 5.91 Å². The van der Waals surface area contributed by atoms with Crippen LogP contribution in [0.3, 0.4) is 0 Å². The molecule has 0 heterocycles. The second-order valence-corrected chi connectivity index (χ2v) is 6.39. The molecule has 0 aromatic heterocycles. The zero-order chi connectivity index (χ0) is 15.7. The molecule has 1 amide bonds. The van der Waals surface area contributed by atoms with Gasteiger partial charge in [0.1, 0.15) is 0 Å². The van der Waals surface area contributed by atoms with Crippen molar-refractivity contribution in [3.63, 3.8) is 0 Å². The molecule has 0 radical (unpaired) electrons. The van der Waals surface area contributed by atoms with Crippen molar-refractivity contribution in [2.75, 3.05) is 27.3 Å². The molecule has 1 aromatic carbocycles. The first-order chi connectivity index (χ1) is 10.1. The van der Waals surface area contributed by atoms with Crippen LogP contribution in [0.5, 0.6) is 0 Å². The topological polar surface area (TPSA) is 50.4 Å².